The third-order valence-electron chi connectivity index (χ3n) is 3.66. The Hall–Kier alpha value is -1.18. The number of hydrogen-bond acceptors (Lipinski definition) is 6. The van der Waals surface area contributed by atoms with E-state index in [4.69, 9.17) is 4.74 Å². The topological polar surface area (TPSA) is 77.0 Å². The Balaban J connectivity index is 2.24. The third kappa shape index (κ3) is 9.85. The second kappa shape index (κ2) is 12.2. The number of hydrogen-bond donors (Lipinski definition) is 4. The fourth-order valence-corrected chi connectivity index (χ4v) is 2.43. The molecule has 0 bridgehead atoms. The molecule has 1 rings (SSSR count). The Morgan fingerprint density at radius 3 is 2.17 bits per heavy atom. The predicted molar refractivity (Wildman–Crippen MR) is 97.4 cm³/mol. The van der Waals surface area contributed by atoms with E-state index < -0.39 is 0 Å². The maximum atomic E-state index is 9.62. The Kier molecular flexibility index (Phi) is 10.6. The molecule has 0 aliphatic carbocycles. The first-order chi connectivity index (χ1) is 11.5. The largest absolute Gasteiger partial charge is 0.497 e. The van der Waals surface area contributed by atoms with Gasteiger partial charge in [-0.25, -0.2) is 0 Å². The van der Waals surface area contributed by atoms with Gasteiger partial charge in [0.2, 0.25) is 0 Å². The lowest BCUT2D eigenvalue weighted by atomic mass is 10.2. The van der Waals surface area contributed by atoms with Crippen LogP contribution < -0.4 is 15.4 Å². The molecule has 0 fully saturated rings. The minimum absolute atomic E-state index is 0.332. The molecule has 0 heterocycles. The van der Waals surface area contributed by atoms with E-state index in [1.807, 2.05) is 12.1 Å². The molecule has 4 N–H and O–H groups in total. The molecule has 0 radical (unpaired) electrons. The van der Waals surface area contributed by atoms with Crippen molar-refractivity contribution >= 4 is 0 Å². The van der Waals surface area contributed by atoms with E-state index in [-0.39, 0.29) is 12.2 Å². The molecule has 138 valence electrons. The zero-order valence-corrected chi connectivity index (χ0v) is 15.2. The highest BCUT2D eigenvalue weighted by molar-refractivity contribution is 5.26. The van der Waals surface area contributed by atoms with E-state index in [0.29, 0.717) is 13.1 Å². The molecule has 0 aromatic heterocycles. The van der Waals surface area contributed by atoms with Crippen molar-refractivity contribution in [3.05, 3.63) is 29.8 Å². The number of aliphatic hydroxyl groups excluding tert-OH is 2. The van der Waals surface area contributed by atoms with Crippen molar-refractivity contribution in [2.24, 2.45) is 0 Å². The SMILES string of the molecule is COc1ccc(CNCCN(CCNC[C@H](C)O)C[C@H](C)O)cc1. The zero-order valence-electron chi connectivity index (χ0n) is 15.2. The molecule has 0 saturated heterocycles. The summed E-state index contributed by atoms with van der Waals surface area (Å²) in [7, 11) is 1.67. The van der Waals surface area contributed by atoms with Crippen molar-refractivity contribution in [3.63, 3.8) is 0 Å². The van der Waals surface area contributed by atoms with Crippen LogP contribution in [0.25, 0.3) is 0 Å². The molecule has 6 heteroatoms. The van der Waals surface area contributed by atoms with Crippen molar-refractivity contribution in [1.82, 2.24) is 15.5 Å². The number of nitrogens with one attached hydrogen (secondary N) is 2. The van der Waals surface area contributed by atoms with Crippen LogP contribution in [0.15, 0.2) is 24.3 Å². The van der Waals surface area contributed by atoms with Gasteiger partial charge in [-0.1, -0.05) is 12.1 Å². The highest BCUT2D eigenvalue weighted by Gasteiger charge is 2.08. The van der Waals surface area contributed by atoms with Gasteiger partial charge in [-0.3, -0.25) is 4.90 Å². The lowest BCUT2D eigenvalue weighted by Gasteiger charge is -2.24. The maximum absolute atomic E-state index is 9.62. The quantitative estimate of drug-likeness (QED) is 0.391. The van der Waals surface area contributed by atoms with E-state index in [9.17, 15) is 10.2 Å². The molecule has 0 aliphatic heterocycles. The minimum atomic E-state index is -0.344. The standard InChI is InChI=1S/C18H33N3O3/c1-15(22)12-19-8-10-21(14-16(2)23)11-9-20-13-17-4-6-18(24-3)7-5-17/h4-7,15-16,19-20,22-23H,8-14H2,1-3H3/t15-,16-/m0/s1. The van der Waals surface area contributed by atoms with Gasteiger partial charge < -0.3 is 25.6 Å². The first-order valence-electron chi connectivity index (χ1n) is 8.64. The van der Waals surface area contributed by atoms with Crippen LogP contribution in [0.2, 0.25) is 0 Å². The Morgan fingerprint density at radius 1 is 1.00 bits per heavy atom. The van der Waals surface area contributed by atoms with Crippen LogP contribution in [0, 0.1) is 0 Å². The van der Waals surface area contributed by atoms with E-state index in [1.165, 1.54) is 5.56 Å². The second-order valence-electron chi connectivity index (χ2n) is 6.23. The molecule has 0 saturated carbocycles. The molecule has 0 spiro atoms. The van der Waals surface area contributed by atoms with Crippen LogP contribution in [0.1, 0.15) is 19.4 Å². The van der Waals surface area contributed by atoms with Crippen molar-refractivity contribution in [1.29, 1.82) is 0 Å². The van der Waals surface area contributed by atoms with Gasteiger partial charge in [0, 0.05) is 45.8 Å². The summed E-state index contributed by atoms with van der Waals surface area (Å²) < 4.78 is 5.15. The van der Waals surface area contributed by atoms with Crippen LogP contribution in [-0.4, -0.2) is 73.7 Å². The summed E-state index contributed by atoms with van der Waals surface area (Å²) in [4.78, 5) is 2.22. The first-order valence-corrected chi connectivity index (χ1v) is 8.64. The molecule has 1 aromatic carbocycles. The third-order valence-corrected chi connectivity index (χ3v) is 3.66. The Morgan fingerprint density at radius 2 is 1.62 bits per heavy atom. The average Bonchev–Trinajstić information content (AvgIpc) is 2.55. The van der Waals surface area contributed by atoms with Gasteiger partial charge >= 0.3 is 0 Å². The number of methoxy groups -OCH3 is 1. The average molecular weight is 339 g/mol. The molecule has 0 amide bonds. The summed E-state index contributed by atoms with van der Waals surface area (Å²) in [5, 5.41) is 25.5. The monoisotopic (exact) mass is 339 g/mol. The highest BCUT2D eigenvalue weighted by Crippen LogP contribution is 2.10. The molecule has 2 atom stereocenters. The summed E-state index contributed by atoms with van der Waals surface area (Å²) in [5.74, 6) is 0.867. The normalized spacial score (nSPS) is 13.9. The number of aliphatic hydroxyl groups is 2. The van der Waals surface area contributed by atoms with Crippen LogP contribution in [0.5, 0.6) is 5.75 Å². The molecular formula is C18H33N3O3. The fraction of sp³-hybridized carbons (Fsp3) is 0.667. The van der Waals surface area contributed by atoms with Gasteiger partial charge in [-0.05, 0) is 31.5 Å². The van der Waals surface area contributed by atoms with Gasteiger partial charge in [-0.2, -0.15) is 0 Å². The number of benzene rings is 1. The number of rotatable bonds is 13. The highest BCUT2D eigenvalue weighted by atomic mass is 16.5. The first kappa shape index (κ1) is 20.9. The molecular weight excluding hydrogens is 306 g/mol. The van der Waals surface area contributed by atoms with E-state index >= 15 is 0 Å². The summed E-state index contributed by atoms with van der Waals surface area (Å²) in [5.41, 5.74) is 1.22. The molecule has 24 heavy (non-hydrogen) atoms. The van der Waals surface area contributed by atoms with Crippen LogP contribution in [0.3, 0.4) is 0 Å². The Bertz CT molecular complexity index is 424. The second-order valence-corrected chi connectivity index (χ2v) is 6.23. The number of nitrogens with zero attached hydrogens (tertiary/aromatic N) is 1. The number of ether oxygens (including phenoxy) is 1. The van der Waals surface area contributed by atoms with Crippen LogP contribution in [0.4, 0.5) is 0 Å². The maximum Gasteiger partial charge on any atom is 0.118 e. The van der Waals surface area contributed by atoms with Crippen molar-refractivity contribution in [3.8, 4) is 5.75 Å². The predicted octanol–water partition coefficient (Wildman–Crippen LogP) is 0.438. The van der Waals surface area contributed by atoms with E-state index in [1.54, 1.807) is 21.0 Å². The molecule has 6 nitrogen and oxygen atoms in total. The molecule has 1 aromatic rings. The van der Waals surface area contributed by atoms with Gasteiger partial charge in [0.15, 0.2) is 0 Å². The summed E-state index contributed by atoms with van der Waals surface area (Å²) in [6, 6.07) is 8.04. The summed E-state index contributed by atoms with van der Waals surface area (Å²) in [6.45, 7) is 9.01. The van der Waals surface area contributed by atoms with Gasteiger partial charge in [-0.15, -0.1) is 0 Å². The summed E-state index contributed by atoms with van der Waals surface area (Å²) in [6.07, 6.45) is -0.676. The van der Waals surface area contributed by atoms with Gasteiger partial charge in [0.05, 0.1) is 19.3 Å². The smallest absolute Gasteiger partial charge is 0.118 e. The van der Waals surface area contributed by atoms with Crippen molar-refractivity contribution < 1.29 is 14.9 Å². The lowest BCUT2D eigenvalue weighted by molar-refractivity contribution is 0.125. The summed E-state index contributed by atoms with van der Waals surface area (Å²) >= 11 is 0. The zero-order chi connectivity index (χ0) is 17.8. The van der Waals surface area contributed by atoms with Crippen LogP contribution >= 0.6 is 0 Å². The van der Waals surface area contributed by atoms with Gasteiger partial charge in [0.1, 0.15) is 5.75 Å². The molecule has 0 aliphatic rings. The van der Waals surface area contributed by atoms with E-state index in [2.05, 4.69) is 27.7 Å². The van der Waals surface area contributed by atoms with E-state index in [0.717, 1.165) is 38.5 Å². The fourth-order valence-electron chi connectivity index (χ4n) is 2.43. The van der Waals surface area contributed by atoms with Crippen molar-refractivity contribution in [2.75, 3.05) is 46.4 Å². The minimum Gasteiger partial charge on any atom is -0.497 e. The van der Waals surface area contributed by atoms with Crippen LogP contribution in [-0.2, 0) is 6.54 Å². The Labute approximate surface area is 145 Å². The lowest BCUT2D eigenvalue weighted by Crippen LogP contribution is -2.41. The molecule has 0 unspecified atom stereocenters. The van der Waals surface area contributed by atoms with Crippen molar-refractivity contribution in [2.45, 2.75) is 32.6 Å². The van der Waals surface area contributed by atoms with Gasteiger partial charge in [0.25, 0.3) is 0 Å².